The van der Waals surface area contributed by atoms with Crippen molar-refractivity contribution in [3.05, 3.63) is 39.4 Å². The van der Waals surface area contributed by atoms with Gasteiger partial charge in [0.25, 0.3) is 0 Å². The largest absolute Gasteiger partial charge is 0.477 e. The summed E-state index contributed by atoms with van der Waals surface area (Å²) in [6.45, 7) is -0.309. The number of halogens is 4. The highest BCUT2D eigenvalue weighted by molar-refractivity contribution is 5.95. The average molecular weight is 458 g/mol. The standard InChI is InChI=1S/C21H22F4N2O5/c1-10-16-13(18(29)14(19(30)31)8-27(16)12-2-3-12)6-15(22)17(10)26-5-4-11(7-26)20(32,9-28)21(23,24)25/h6,8,11-12,28,32H,2-5,7,9H2,1H3,(H,30,31). The minimum absolute atomic E-state index is 0.000612. The van der Waals surface area contributed by atoms with Crippen LogP contribution in [-0.4, -0.2) is 57.3 Å². The first kappa shape index (κ1) is 22.5. The van der Waals surface area contributed by atoms with Crippen molar-refractivity contribution >= 4 is 22.6 Å². The molecule has 2 heterocycles. The number of rotatable bonds is 5. The van der Waals surface area contributed by atoms with Gasteiger partial charge < -0.3 is 24.8 Å². The predicted molar refractivity (Wildman–Crippen MR) is 107 cm³/mol. The van der Waals surface area contributed by atoms with Gasteiger partial charge in [0.1, 0.15) is 11.4 Å². The molecule has 174 valence electrons. The number of pyridine rings is 1. The second-order valence-corrected chi connectivity index (χ2v) is 8.56. The van der Waals surface area contributed by atoms with E-state index in [1.165, 1.54) is 18.0 Å². The molecule has 2 unspecified atom stereocenters. The minimum Gasteiger partial charge on any atom is -0.477 e. The van der Waals surface area contributed by atoms with Crippen molar-refractivity contribution < 1.29 is 37.7 Å². The molecular formula is C21H22F4N2O5. The lowest BCUT2D eigenvalue weighted by Crippen LogP contribution is -2.55. The van der Waals surface area contributed by atoms with Gasteiger partial charge in [-0.15, -0.1) is 0 Å². The smallest absolute Gasteiger partial charge is 0.419 e. The Kier molecular flexibility index (Phi) is 5.24. The molecule has 11 heteroatoms. The number of anilines is 1. The molecule has 0 radical (unpaired) electrons. The van der Waals surface area contributed by atoms with E-state index in [1.54, 1.807) is 4.57 Å². The molecule has 1 aromatic carbocycles. The topological polar surface area (TPSA) is 103 Å². The SMILES string of the molecule is Cc1c(N2CCC(C(O)(CO)C(F)(F)F)C2)c(F)cc2c(=O)c(C(=O)O)cn(C3CC3)c12. The van der Waals surface area contributed by atoms with Gasteiger partial charge in [-0.05, 0) is 37.8 Å². The van der Waals surface area contributed by atoms with E-state index in [4.69, 9.17) is 0 Å². The number of hydrogen-bond donors (Lipinski definition) is 3. The Hall–Kier alpha value is -2.66. The van der Waals surface area contributed by atoms with Gasteiger partial charge in [0.15, 0.2) is 5.60 Å². The molecule has 2 atom stereocenters. The fourth-order valence-electron chi connectivity index (χ4n) is 4.65. The van der Waals surface area contributed by atoms with Crippen molar-refractivity contribution in [2.24, 2.45) is 5.92 Å². The molecule has 2 fully saturated rings. The highest BCUT2D eigenvalue weighted by Crippen LogP contribution is 2.44. The lowest BCUT2D eigenvalue weighted by molar-refractivity contribution is -0.287. The summed E-state index contributed by atoms with van der Waals surface area (Å²) >= 11 is 0. The van der Waals surface area contributed by atoms with Gasteiger partial charge in [-0.25, -0.2) is 9.18 Å². The average Bonchev–Trinajstić information content (AvgIpc) is 3.44. The number of fused-ring (bicyclic) bond motifs is 1. The molecule has 2 aromatic rings. The third-order valence-electron chi connectivity index (χ3n) is 6.56. The normalized spacial score (nSPS) is 21.2. The number of aryl methyl sites for hydroxylation is 1. The van der Waals surface area contributed by atoms with Crippen LogP contribution in [0.15, 0.2) is 17.1 Å². The highest BCUT2D eigenvalue weighted by atomic mass is 19.4. The second-order valence-electron chi connectivity index (χ2n) is 8.56. The molecule has 4 rings (SSSR count). The molecule has 1 aliphatic carbocycles. The monoisotopic (exact) mass is 458 g/mol. The zero-order chi connectivity index (χ0) is 23.6. The number of alkyl halides is 3. The molecular weight excluding hydrogens is 436 g/mol. The lowest BCUT2D eigenvalue weighted by Gasteiger charge is -2.34. The van der Waals surface area contributed by atoms with Crippen molar-refractivity contribution in [1.29, 1.82) is 0 Å². The summed E-state index contributed by atoms with van der Waals surface area (Å²) in [5.41, 5.74) is -3.97. The van der Waals surface area contributed by atoms with Crippen LogP contribution in [0.3, 0.4) is 0 Å². The number of carboxylic acid groups (broad SMARTS) is 1. The summed E-state index contributed by atoms with van der Waals surface area (Å²) in [4.78, 5) is 25.5. The number of hydrogen-bond acceptors (Lipinski definition) is 5. The van der Waals surface area contributed by atoms with Crippen molar-refractivity contribution in [3.8, 4) is 0 Å². The zero-order valence-electron chi connectivity index (χ0n) is 17.1. The van der Waals surface area contributed by atoms with Gasteiger partial charge in [0, 0.05) is 36.6 Å². The fourth-order valence-corrected chi connectivity index (χ4v) is 4.65. The maximum Gasteiger partial charge on any atom is 0.419 e. The second kappa shape index (κ2) is 7.45. The van der Waals surface area contributed by atoms with Crippen LogP contribution in [-0.2, 0) is 0 Å². The van der Waals surface area contributed by atoms with Gasteiger partial charge in [-0.1, -0.05) is 0 Å². The van der Waals surface area contributed by atoms with Crippen LogP contribution >= 0.6 is 0 Å². The lowest BCUT2D eigenvalue weighted by atomic mass is 9.86. The summed E-state index contributed by atoms with van der Waals surface area (Å²) < 4.78 is 56.9. The molecule has 1 aliphatic heterocycles. The molecule has 32 heavy (non-hydrogen) atoms. The first-order chi connectivity index (χ1) is 14.9. The van der Waals surface area contributed by atoms with E-state index in [2.05, 4.69) is 0 Å². The van der Waals surface area contributed by atoms with E-state index in [0.717, 1.165) is 18.9 Å². The van der Waals surface area contributed by atoms with Crippen molar-refractivity contribution in [2.75, 3.05) is 24.6 Å². The third kappa shape index (κ3) is 3.34. The maximum atomic E-state index is 15.2. The highest BCUT2D eigenvalue weighted by Gasteiger charge is 2.59. The Labute approximate surface area is 179 Å². The van der Waals surface area contributed by atoms with Crippen LogP contribution in [0, 0.1) is 18.7 Å². The predicted octanol–water partition coefficient (Wildman–Crippen LogP) is 2.59. The quantitative estimate of drug-likeness (QED) is 0.596. The maximum absolute atomic E-state index is 15.2. The van der Waals surface area contributed by atoms with E-state index in [1.807, 2.05) is 0 Å². The molecule has 1 aromatic heterocycles. The van der Waals surface area contributed by atoms with Crippen molar-refractivity contribution in [3.63, 3.8) is 0 Å². The van der Waals surface area contributed by atoms with Gasteiger partial charge in [-0.2, -0.15) is 13.2 Å². The fraction of sp³-hybridized carbons (Fsp3) is 0.524. The molecule has 2 aliphatic rings. The number of carboxylic acids is 1. The van der Waals surface area contributed by atoms with Gasteiger partial charge in [0.05, 0.1) is 17.8 Å². The summed E-state index contributed by atoms with van der Waals surface area (Å²) in [6, 6.07) is 0.880. The first-order valence-corrected chi connectivity index (χ1v) is 10.2. The minimum atomic E-state index is -5.06. The van der Waals surface area contributed by atoms with Crippen LogP contribution < -0.4 is 10.3 Å². The molecule has 0 spiro atoms. The van der Waals surface area contributed by atoms with Crippen LogP contribution in [0.4, 0.5) is 23.2 Å². The van der Waals surface area contributed by atoms with E-state index in [-0.39, 0.29) is 36.6 Å². The van der Waals surface area contributed by atoms with Crippen molar-refractivity contribution in [2.45, 2.75) is 44.0 Å². The van der Waals surface area contributed by atoms with Gasteiger partial charge in [0.2, 0.25) is 5.43 Å². The molecule has 1 saturated carbocycles. The van der Waals surface area contributed by atoms with Crippen LogP contribution in [0.5, 0.6) is 0 Å². The van der Waals surface area contributed by atoms with Gasteiger partial charge >= 0.3 is 12.1 Å². The van der Waals surface area contributed by atoms with Crippen LogP contribution in [0.2, 0.25) is 0 Å². The number of nitrogens with zero attached hydrogens (tertiary/aromatic N) is 2. The molecule has 3 N–H and O–H groups in total. The summed E-state index contributed by atoms with van der Waals surface area (Å²) in [5, 5.41) is 28.6. The Morgan fingerprint density at radius 3 is 2.44 bits per heavy atom. The van der Waals surface area contributed by atoms with Crippen molar-refractivity contribution in [1.82, 2.24) is 4.57 Å². The molecule has 7 nitrogen and oxygen atoms in total. The Morgan fingerprint density at radius 2 is 1.91 bits per heavy atom. The van der Waals surface area contributed by atoms with E-state index in [9.17, 15) is 38.1 Å². The number of carbonyl (C=O) groups is 1. The number of benzene rings is 1. The third-order valence-corrected chi connectivity index (χ3v) is 6.56. The molecule has 1 saturated heterocycles. The molecule has 0 amide bonds. The number of aliphatic hydroxyl groups is 2. The zero-order valence-corrected chi connectivity index (χ0v) is 17.1. The first-order valence-electron chi connectivity index (χ1n) is 10.2. The number of aromatic nitrogens is 1. The Bertz CT molecular complexity index is 1160. The van der Waals surface area contributed by atoms with E-state index >= 15 is 4.39 Å². The van der Waals surface area contributed by atoms with Gasteiger partial charge in [-0.3, -0.25) is 4.79 Å². The van der Waals surface area contributed by atoms with Crippen LogP contribution in [0.25, 0.3) is 10.9 Å². The molecule has 0 bridgehead atoms. The number of aromatic carboxylic acids is 1. The summed E-state index contributed by atoms with van der Waals surface area (Å²) in [6.07, 6.45) is -2.44. The van der Waals surface area contributed by atoms with Crippen LogP contribution in [0.1, 0.15) is 41.2 Å². The van der Waals surface area contributed by atoms with E-state index in [0.29, 0.717) is 11.1 Å². The van der Waals surface area contributed by atoms with E-state index < -0.39 is 47.1 Å². The Balaban J connectivity index is 1.83. The Morgan fingerprint density at radius 1 is 1.25 bits per heavy atom. The summed E-state index contributed by atoms with van der Waals surface area (Å²) in [7, 11) is 0. The summed E-state index contributed by atoms with van der Waals surface area (Å²) in [5.74, 6) is -3.66. The number of aliphatic hydroxyl groups excluding tert-OH is 1.